The predicted octanol–water partition coefficient (Wildman–Crippen LogP) is -0.338. The van der Waals surface area contributed by atoms with Crippen LogP contribution >= 0.6 is 0 Å². The van der Waals surface area contributed by atoms with Crippen LogP contribution in [0.2, 0.25) is 0 Å². The molecule has 1 fully saturated rings. The molecule has 4 heteroatoms. The highest BCUT2D eigenvalue weighted by Gasteiger charge is 2.45. The summed E-state index contributed by atoms with van der Waals surface area (Å²) >= 11 is 0. The highest BCUT2D eigenvalue weighted by atomic mass is 16.6. The minimum Gasteiger partial charge on any atom is -0.458 e. The second-order valence-corrected chi connectivity index (χ2v) is 4.14. The maximum absolute atomic E-state index is 11.3. The van der Waals surface area contributed by atoms with Gasteiger partial charge < -0.3 is 15.2 Å². The van der Waals surface area contributed by atoms with Gasteiger partial charge >= 0.3 is 5.97 Å². The maximum Gasteiger partial charge on any atom is 0.341 e. The molecule has 0 saturated carbocycles. The van der Waals surface area contributed by atoms with E-state index in [9.17, 15) is 9.90 Å². The second-order valence-electron chi connectivity index (χ2n) is 4.14. The number of rotatable bonds is 1. The van der Waals surface area contributed by atoms with Crippen molar-refractivity contribution in [3.8, 4) is 0 Å². The molecule has 0 spiro atoms. The number of hydrogen-bond acceptors (Lipinski definition) is 4. The van der Waals surface area contributed by atoms with Crippen molar-refractivity contribution in [2.24, 2.45) is 0 Å². The van der Waals surface area contributed by atoms with Crippen molar-refractivity contribution in [3.63, 3.8) is 0 Å². The van der Waals surface area contributed by atoms with E-state index in [1.165, 1.54) is 0 Å². The Morgan fingerprint density at radius 2 is 2.00 bits per heavy atom. The Morgan fingerprint density at radius 3 is 2.25 bits per heavy atom. The average molecular weight is 173 g/mol. The molecule has 0 aromatic carbocycles. The highest BCUT2D eigenvalue weighted by molar-refractivity contribution is 5.81. The van der Waals surface area contributed by atoms with Gasteiger partial charge in [-0.3, -0.25) is 0 Å². The number of carbonyl (C=O) groups excluding carboxylic acids is 1. The fraction of sp³-hybridized carbons (Fsp3) is 0.875. The summed E-state index contributed by atoms with van der Waals surface area (Å²) in [5.74, 6) is -0.534. The summed E-state index contributed by atoms with van der Waals surface area (Å²) < 4.78 is 5.02. The predicted molar refractivity (Wildman–Crippen MR) is 43.7 cm³/mol. The average Bonchev–Trinajstić information content (AvgIpc) is 1.78. The normalized spacial score (nSPS) is 21.3. The standard InChI is InChI=1S/C8H15NO3/c1-7(2,3)12-6(10)8(11)4-9-5-8/h9,11H,4-5H2,1-3H3. The lowest BCUT2D eigenvalue weighted by molar-refractivity contribution is -0.182. The third-order valence-corrected chi connectivity index (χ3v) is 1.61. The van der Waals surface area contributed by atoms with Crippen LogP contribution in [0.15, 0.2) is 0 Å². The summed E-state index contributed by atoms with van der Waals surface area (Å²) in [5.41, 5.74) is -1.81. The molecule has 0 aromatic heterocycles. The molecule has 2 N–H and O–H groups in total. The molecule has 1 heterocycles. The van der Waals surface area contributed by atoms with Crippen LogP contribution in [0.25, 0.3) is 0 Å². The molecule has 0 radical (unpaired) electrons. The second kappa shape index (κ2) is 2.71. The molecule has 4 nitrogen and oxygen atoms in total. The third kappa shape index (κ3) is 1.95. The van der Waals surface area contributed by atoms with E-state index in [4.69, 9.17) is 4.74 Å². The summed E-state index contributed by atoms with van der Waals surface area (Å²) in [6.07, 6.45) is 0. The van der Waals surface area contributed by atoms with Gasteiger partial charge in [-0.2, -0.15) is 0 Å². The zero-order valence-corrected chi connectivity index (χ0v) is 7.68. The van der Waals surface area contributed by atoms with Crippen LogP contribution in [-0.2, 0) is 9.53 Å². The van der Waals surface area contributed by atoms with Gasteiger partial charge in [-0.25, -0.2) is 4.79 Å². The zero-order valence-electron chi connectivity index (χ0n) is 7.68. The van der Waals surface area contributed by atoms with Crippen molar-refractivity contribution in [3.05, 3.63) is 0 Å². The van der Waals surface area contributed by atoms with E-state index in [0.29, 0.717) is 13.1 Å². The molecule has 1 saturated heterocycles. The summed E-state index contributed by atoms with van der Waals surface area (Å²) in [4.78, 5) is 11.3. The quantitative estimate of drug-likeness (QED) is 0.533. The Kier molecular flexibility index (Phi) is 2.14. The Morgan fingerprint density at radius 1 is 1.50 bits per heavy atom. The van der Waals surface area contributed by atoms with E-state index >= 15 is 0 Å². The Bertz CT molecular complexity index is 191. The maximum atomic E-state index is 11.3. The van der Waals surface area contributed by atoms with Gasteiger partial charge in [-0.1, -0.05) is 0 Å². The van der Waals surface area contributed by atoms with Crippen LogP contribution in [0, 0.1) is 0 Å². The van der Waals surface area contributed by atoms with E-state index < -0.39 is 17.2 Å². The Labute approximate surface area is 71.9 Å². The fourth-order valence-electron chi connectivity index (χ4n) is 0.879. The molecule has 0 amide bonds. The van der Waals surface area contributed by atoms with Crippen LogP contribution in [0.5, 0.6) is 0 Å². The number of ether oxygens (including phenoxy) is 1. The van der Waals surface area contributed by atoms with Crippen LogP contribution in [0.4, 0.5) is 0 Å². The molecule has 12 heavy (non-hydrogen) atoms. The number of carbonyl (C=O) groups is 1. The number of aliphatic hydroxyl groups is 1. The molecular formula is C8H15NO3. The van der Waals surface area contributed by atoms with Crippen LogP contribution in [0.1, 0.15) is 20.8 Å². The van der Waals surface area contributed by atoms with Gasteiger partial charge in [0.05, 0.1) is 0 Å². The first-order valence-corrected chi connectivity index (χ1v) is 4.00. The van der Waals surface area contributed by atoms with Crippen molar-refractivity contribution in [1.29, 1.82) is 0 Å². The van der Waals surface area contributed by atoms with Gasteiger partial charge in [0.25, 0.3) is 0 Å². The smallest absolute Gasteiger partial charge is 0.341 e. The Balaban J connectivity index is 2.49. The largest absolute Gasteiger partial charge is 0.458 e. The van der Waals surface area contributed by atoms with Gasteiger partial charge in [0.1, 0.15) is 5.60 Å². The summed E-state index contributed by atoms with van der Waals surface area (Å²) in [6, 6.07) is 0. The first-order valence-electron chi connectivity index (χ1n) is 4.00. The number of esters is 1. The van der Waals surface area contributed by atoms with Crippen molar-refractivity contribution in [1.82, 2.24) is 5.32 Å². The first-order chi connectivity index (χ1) is 5.33. The number of nitrogens with one attached hydrogen (secondary N) is 1. The van der Waals surface area contributed by atoms with Crippen molar-refractivity contribution in [2.75, 3.05) is 13.1 Å². The van der Waals surface area contributed by atoms with Gasteiger partial charge in [-0.05, 0) is 20.8 Å². The first kappa shape index (κ1) is 9.48. The summed E-state index contributed by atoms with van der Waals surface area (Å²) in [6.45, 7) is 5.92. The van der Waals surface area contributed by atoms with E-state index in [2.05, 4.69) is 5.32 Å². The third-order valence-electron chi connectivity index (χ3n) is 1.61. The molecule has 1 aliphatic rings. The zero-order chi connectivity index (χ0) is 9.41. The molecule has 0 bridgehead atoms. The molecule has 0 aromatic rings. The van der Waals surface area contributed by atoms with E-state index in [0.717, 1.165) is 0 Å². The van der Waals surface area contributed by atoms with E-state index in [1.54, 1.807) is 20.8 Å². The van der Waals surface area contributed by atoms with Crippen LogP contribution < -0.4 is 5.32 Å². The van der Waals surface area contributed by atoms with Gasteiger partial charge in [0.15, 0.2) is 5.60 Å². The summed E-state index contributed by atoms with van der Waals surface area (Å²) in [5, 5.41) is 12.3. The van der Waals surface area contributed by atoms with Crippen molar-refractivity contribution in [2.45, 2.75) is 32.0 Å². The van der Waals surface area contributed by atoms with E-state index in [-0.39, 0.29) is 0 Å². The lowest BCUT2D eigenvalue weighted by Crippen LogP contribution is -2.65. The fourth-order valence-corrected chi connectivity index (χ4v) is 0.879. The highest BCUT2D eigenvalue weighted by Crippen LogP contribution is 2.17. The lowest BCUT2D eigenvalue weighted by Gasteiger charge is -2.36. The SMILES string of the molecule is CC(C)(C)OC(=O)C1(O)CNC1. The lowest BCUT2D eigenvalue weighted by atomic mass is 9.97. The monoisotopic (exact) mass is 173 g/mol. The number of β-amino-alcohol motifs (C(OH)–C–C–N with tert-alkyl or cyclic N) is 1. The van der Waals surface area contributed by atoms with E-state index in [1.807, 2.05) is 0 Å². The minimum absolute atomic E-state index is 0.294. The van der Waals surface area contributed by atoms with Crippen molar-refractivity contribution >= 4 is 5.97 Å². The molecule has 0 unspecified atom stereocenters. The summed E-state index contributed by atoms with van der Waals surface area (Å²) in [7, 11) is 0. The molecule has 1 aliphatic heterocycles. The molecule has 70 valence electrons. The van der Waals surface area contributed by atoms with Crippen molar-refractivity contribution < 1.29 is 14.6 Å². The molecule has 1 rings (SSSR count). The van der Waals surface area contributed by atoms with Gasteiger partial charge in [-0.15, -0.1) is 0 Å². The van der Waals surface area contributed by atoms with Gasteiger partial charge in [0, 0.05) is 13.1 Å². The van der Waals surface area contributed by atoms with Crippen LogP contribution in [-0.4, -0.2) is 35.4 Å². The van der Waals surface area contributed by atoms with Gasteiger partial charge in [0.2, 0.25) is 0 Å². The molecule has 0 atom stereocenters. The Hall–Kier alpha value is -0.610. The molecular weight excluding hydrogens is 158 g/mol. The minimum atomic E-state index is -1.28. The number of hydrogen-bond donors (Lipinski definition) is 2. The molecule has 0 aliphatic carbocycles. The van der Waals surface area contributed by atoms with Crippen LogP contribution in [0.3, 0.4) is 0 Å². The topological polar surface area (TPSA) is 58.6 Å².